The fourth-order valence-corrected chi connectivity index (χ4v) is 2.78. The third-order valence-electron chi connectivity index (χ3n) is 2.37. The van der Waals surface area contributed by atoms with E-state index in [4.69, 9.17) is 33.1 Å². The van der Waals surface area contributed by atoms with Crippen LogP contribution in [0.25, 0.3) is 0 Å². The molecule has 0 bridgehead atoms. The number of hydrogen-bond donors (Lipinski definition) is 2. The number of sulfonamides is 1. The molecule has 9 heteroatoms. The molecule has 0 aromatic heterocycles. The van der Waals surface area contributed by atoms with Gasteiger partial charge in [0.15, 0.2) is 0 Å². The molecule has 0 unspecified atom stereocenters. The van der Waals surface area contributed by atoms with Gasteiger partial charge in [0.25, 0.3) is 5.91 Å². The smallest absolute Gasteiger partial charge is 0.251 e. The normalized spacial score (nSPS) is 11.4. The van der Waals surface area contributed by atoms with Crippen molar-refractivity contribution in [2.24, 2.45) is 5.14 Å². The summed E-state index contributed by atoms with van der Waals surface area (Å²) in [4.78, 5) is 11.5. The lowest BCUT2D eigenvalue weighted by Gasteiger charge is -2.09. The first-order chi connectivity index (χ1) is 9.27. The van der Waals surface area contributed by atoms with Gasteiger partial charge in [0.1, 0.15) is 4.90 Å². The van der Waals surface area contributed by atoms with E-state index in [1.807, 2.05) is 0 Å². The number of nitrogens with one attached hydrogen (secondary N) is 1. The van der Waals surface area contributed by atoms with Crippen LogP contribution in [0.15, 0.2) is 17.0 Å². The van der Waals surface area contributed by atoms with Crippen molar-refractivity contribution in [1.29, 1.82) is 0 Å². The van der Waals surface area contributed by atoms with Crippen LogP contribution < -0.4 is 10.5 Å². The number of benzene rings is 1. The fourth-order valence-electron chi connectivity index (χ4n) is 1.42. The number of halogens is 2. The van der Waals surface area contributed by atoms with Crippen LogP contribution in [0.2, 0.25) is 10.0 Å². The number of amides is 1. The van der Waals surface area contributed by atoms with E-state index >= 15 is 0 Å². The Hall–Kier alpha value is -0.860. The molecule has 1 aromatic carbocycles. The number of nitrogens with two attached hydrogens (primary N) is 1. The second kappa shape index (κ2) is 7.24. The topological polar surface area (TPSA) is 98.5 Å². The molecule has 0 spiro atoms. The van der Waals surface area contributed by atoms with E-state index in [1.54, 1.807) is 7.11 Å². The molecule has 0 saturated carbocycles. The van der Waals surface area contributed by atoms with Crippen LogP contribution in [-0.2, 0) is 14.8 Å². The zero-order chi connectivity index (χ0) is 15.3. The Bertz CT molecular complexity index is 605. The van der Waals surface area contributed by atoms with Gasteiger partial charge in [-0.1, -0.05) is 23.2 Å². The van der Waals surface area contributed by atoms with E-state index in [9.17, 15) is 13.2 Å². The van der Waals surface area contributed by atoms with Gasteiger partial charge in [-0.05, 0) is 18.6 Å². The molecule has 3 N–H and O–H groups in total. The summed E-state index contributed by atoms with van der Waals surface area (Å²) in [7, 11) is -2.50. The monoisotopic (exact) mass is 340 g/mol. The maximum atomic E-state index is 11.9. The second-order valence-corrected chi connectivity index (χ2v) is 6.23. The van der Waals surface area contributed by atoms with Gasteiger partial charge in [-0.15, -0.1) is 0 Å². The number of ether oxygens (including phenoxy) is 1. The maximum absolute atomic E-state index is 11.9. The lowest BCUT2D eigenvalue weighted by Crippen LogP contribution is -2.25. The third-order valence-corrected chi connectivity index (χ3v) is 4.22. The largest absolute Gasteiger partial charge is 0.385 e. The van der Waals surface area contributed by atoms with E-state index in [-0.39, 0.29) is 20.5 Å². The van der Waals surface area contributed by atoms with Crippen molar-refractivity contribution < 1.29 is 17.9 Å². The highest BCUT2D eigenvalue weighted by Gasteiger charge is 2.19. The molecule has 20 heavy (non-hydrogen) atoms. The first kappa shape index (κ1) is 17.2. The molecule has 0 aliphatic heterocycles. The van der Waals surface area contributed by atoms with Crippen molar-refractivity contribution in [3.05, 3.63) is 27.7 Å². The van der Waals surface area contributed by atoms with Crippen LogP contribution in [-0.4, -0.2) is 34.6 Å². The summed E-state index contributed by atoms with van der Waals surface area (Å²) in [5.74, 6) is -0.468. The Balaban J connectivity index is 2.97. The summed E-state index contributed by atoms with van der Waals surface area (Å²) in [5, 5.41) is 7.36. The van der Waals surface area contributed by atoms with Gasteiger partial charge in [-0.25, -0.2) is 13.6 Å². The van der Waals surface area contributed by atoms with Crippen molar-refractivity contribution in [2.75, 3.05) is 20.3 Å². The number of carbonyl (C=O) groups is 1. The van der Waals surface area contributed by atoms with Gasteiger partial charge >= 0.3 is 0 Å². The van der Waals surface area contributed by atoms with E-state index in [0.29, 0.717) is 19.6 Å². The van der Waals surface area contributed by atoms with Crippen LogP contribution >= 0.6 is 23.2 Å². The van der Waals surface area contributed by atoms with Gasteiger partial charge < -0.3 is 10.1 Å². The lowest BCUT2D eigenvalue weighted by atomic mass is 10.2. The summed E-state index contributed by atoms with van der Waals surface area (Å²) in [5.41, 5.74) is 0.0702. The van der Waals surface area contributed by atoms with Gasteiger partial charge in [-0.2, -0.15) is 0 Å². The van der Waals surface area contributed by atoms with Gasteiger partial charge in [-0.3, -0.25) is 4.79 Å². The summed E-state index contributed by atoms with van der Waals surface area (Å²) >= 11 is 11.6. The molecule has 1 rings (SSSR count). The minimum Gasteiger partial charge on any atom is -0.385 e. The Kier molecular flexibility index (Phi) is 6.22. The molecule has 112 valence electrons. The van der Waals surface area contributed by atoms with Crippen LogP contribution in [0.4, 0.5) is 0 Å². The highest BCUT2D eigenvalue weighted by atomic mass is 35.5. The highest BCUT2D eigenvalue weighted by Crippen LogP contribution is 2.30. The predicted octanol–water partition coefficient (Wildman–Crippen LogP) is 1.41. The Morgan fingerprint density at radius 1 is 1.40 bits per heavy atom. The average molecular weight is 341 g/mol. The molecule has 0 heterocycles. The Morgan fingerprint density at radius 2 is 2.05 bits per heavy atom. The van der Waals surface area contributed by atoms with E-state index in [0.717, 1.165) is 6.07 Å². The van der Waals surface area contributed by atoms with Gasteiger partial charge in [0.05, 0.1) is 10.0 Å². The van der Waals surface area contributed by atoms with E-state index in [1.165, 1.54) is 6.07 Å². The van der Waals surface area contributed by atoms with Crippen LogP contribution in [0.1, 0.15) is 16.8 Å². The van der Waals surface area contributed by atoms with Crippen molar-refractivity contribution in [3.63, 3.8) is 0 Å². The molecule has 0 fully saturated rings. The number of primary sulfonamides is 1. The number of rotatable bonds is 6. The molecule has 0 atom stereocenters. The van der Waals surface area contributed by atoms with Crippen molar-refractivity contribution in [2.45, 2.75) is 11.3 Å². The standard InChI is InChI=1S/C11H14Cl2N2O4S/c1-19-4-2-3-15-11(16)7-5-8(12)10(13)9(6-7)20(14,17)18/h5-6H,2-4H2,1H3,(H,15,16)(H2,14,17,18). The minimum atomic E-state index is -4.06. The molecular weight excluding hydrogens is 327 g/mol. The highest BCUT2D eigenvalue weighted by molar-refractivity contribution is 7.89. The van der Waals surface area contributed by atoms with Crippen LogP contribution in [0.5, 0.6) is 0 Å². The summed E-state index contributed by atoms with van der Waals surface area (Å²) < 4.78 is 27.6. The summed E-state index contributed by atoms with van der Waals surface area (Å²) in [6, 6.07) is 2.37. The van der Waals surface area contributed by atoms with Gasteiger partial charge in [0, 0.05) is 25.8 Å². The molecule has 0 aliphatic rings. The molecule has 1 aromatic rings. The Morgan fingerprint density at radius 3 is 2.60 bits per heavy atom. The first-order valence-electron chi connectivity index (χ1n) is 5.56. The van der Waals surface area contributed by atoms with Crippen molar-refractivity contribution >= 4 is 39.1 Å². The number of methoxy groups -OCH3 is 1. The molecular formula is C11H14Cl2N2O4S. The molecule has 1 amide bonds. The second-order valence-electron chi connectivity index (χ2n) is 3.92. The van der Waals surface area contributed by atoms with Crippen LogP contribution in [0, 0.1) is 0 Å². The van der Waals surface area contributed by atoms with Crippen LogP contribution in [0.3, 0.4) is 0 Å². The molecule has 6 nitrogen and oxygen atoms in total. The zero-order valence-electron chi connectivity index (χ0n) is 10.7. The molecule has 0 radical (unpaired) electrons. The fraction of sp³-hybridized carbons (Fsp3) is 0.364. The summed E-state index contributed by atoms with van der Waals surface area (Å²) in [6.45, 7) is 0.891. The minimum absolute atomic E-state index is 0.0553. The quantitative estimate of drug-likeness (QED) is 0.764. The van der Waals surface area contributed by atoms with E-state index in [2.05, 4.69) is 5.32 Å². The predicted molar refractivity (Wildman–Crippen MR) is 76.7 cm³/mol. The first-order valence-corrected chi connectivity index (χ1v) is 7.86. The Labute approximate surface area is 127 Å². The summed E-state index contributed by atoms with van der Waals surface area (Å²) in [6.07, 6.45) is 0.631. The lowest BCUT2D eigenvalue weighted by molar-refractivity contribution is 0.0948. The van der Waals surface area contributed by atoms with Gasteiger partial charge in [0.2, 0.25) is 10.0 Å². The average Bonchev–Trinajstić information content (AvgIpc) is 2.36. The maximum Gasteiger partial charge on any atom is 0.251 e. The SMILES string of the molecule is COCCCNC(=O)c1cc(Cl)c(Cl)c(S(N)(=O)=O)c1. The number of carbonyl (C=O) groups excluding carboxylic acids is 1. The van der Waals surface area contributed by atoms with Crippen molar-refractivity contribution in [1.82, 2.24) is 5.32 Å². The number of hydrogen-bond acceptors (Lipinski definition) is 4. The zero-order valence-corrected chi connectivity index (χ0v) is 13.0. The third kappa shape index (κ3) is 4.60. The van der Waals surface area contributed by atoms with Crippen molar-refractivity contribution in [3.8, 4) is 0 Å². The molecule has 0 aliphatic carbocycles. The molecule has 0 saturated heterocycles. The van der Waals surface area contributed by atoms with E-state index < -0.39 is 15.9 Å².